The quantitative estimate of drug-likeness (QED) is 0.0588. The molecule has 0 radical (unpaired) electrons. The molecule has 2 atom stereocenters. The van der Waals surface area contributed by atoms with Crippen LogP contribution in [0.1, 0.15) is 84.1 Å². The van der Waals surface area contributed by atoms with E-state index in [9.17, 15) is 19.7 Å². The van der Waals surface area contributed by atoms with Gasteiger partial charge in [-0.05, 0) is 126 Å². The highest BCUT2D eigenvalue weighted by Gasteiger charge is 2.33. The Morgan fingerprint density at radius 1 is 0.725 bits per heavy atom. The van der Waals surface area contributed by atoms with E-state index in [1.807, 2.05) is 18.5 Å². The molecule has 3 aromatic heterocycles. The first kappa shape index (κ1) is 34.0. The summed E-state index contributed by atoms with van der Waals surface area (Å²) in [6, 6.07) is 17.0. The third kappa shape index (κ3) is 7.67. The summed E-state index contributed by atoms with van der Waals surface area (Å²) >= 11 is 0. The van der Waals surface area contributed by atoms with E-state index in [-0.39, 0.29) is 22.9 Å². The molecule has 3 aliphatic rings. The monoisotopic (exact) mass is 690 g/mol. The van der Waals surface area contributed by atoms with Crippen molar-refractivity contribution >= 4 is 50.3 Å². The van der Waals surface area contributed by atoms with Gasteiger partial charge in [0.05, 0.1) is 15.8 Å². The van der Waals surface area contributed by atoms with Gasteiger partial charge >= 0.3 is 11.9 Å². The van der Waals surface area contributed by atoms with E-state index < -0.39 is 24.0 Å². The Balaban J connectivity index is 0.000000123. The minimum Gasteiger partial charge on any atom is -0.480 e. The minimum absolute atomic E-state index is 0.0598. The van der Waals surface area contributed by atoms with Crippen molar-refractivity contribution in [1.82, 2.24) is 15.0 Å². The number of carboxylic acids is 2. The maximum Gasteiger partial charge on any atom is 0.320 e. The molecule has 0 aliphatic heterocycles. The van der Waals surface area contributed by atoms with E-state index in [0.717, 1.165) is 40.8 Å². The summed E-state index contributed by atoms with van der Waals surface area (Å²) in [5.74, 6) is -0.270. The number of carboxylic acid groups (broad SMARTS) is 2. The van der Waals surface area contributed by atoms with Gasteiger partial charge in [0.15, 0.2) is 0 Å². The number of carbonyl (C=O) groups is 2. The Kier molecular flexibility index (Phi) is 9.37. The summed E-state index contributed by atoms with van der Waals surface area (Å²) in [4.78, 5) is 42.2. The van der Waals surface area contributed by atoms with Gasteiger partial charge in [0, 0.05) is 53.4 Å². The molecule has 0 bridgehead atoms. The number of nitrogens with one attached hydrogen (secondary N) is 3. The molecule has 51 heavy (non-hydrogen) atoms. The van der Waals surface area contributed by atoms with Crippen LogP contribution in [0.15, 0.2) is 73.2 Å². The van der Waals surface area contributed by atoms with E-state index >= 15 is 0 Å². The second-order valence-corrected chi connectivity index (χ2v) is 14.1. The summed E-state index contributed by atoms with van der Waals surface area (Å²) in [5.41, 5.74) is 19.3. The third-order valence-electron chi connectivity index (χ3n) is 10.1. The number of nitro groups is 1. The van der Waals surface area contributed by atoms with Crippen LogP contribution in [0.5, 0.6) is 0 Å². The van der Waals surface area contributed by atoms with E-state index in [2.05, 4.69) is 57.4 Å². The van der Waals surface area contributed by atoms with Crippen LogP contribution < -0.4 is 11.5 Å². The fourth-order valence-corrected chi connectivity index (χ4v) is 6.80. The van der Waals surface area contributed by atoms with Gasteiger partial charge in [-0.1, -0.05) is 12.1 Å². The molecule has 3 aliphatic carbocycles. The van der Waals surface area contributed by atoms with Gasteiger partial charge < -0.3 is 36.6 Å². The van der Waals surface area contributed by atoms with Crippen LogP contribution in [0.25, 0.3) is 32.7 Å². The zero-order chi connectivity index (χ0) is 35.8. The van der Waals surface area contributed by atoms with Crippen molar-refractivity contribution in [3.63, 3.8) is 0 Å². The van der Waals surface area contributed by atoms with E-state index in [4.69, 9.17) is 21.7 Å². The smallest absolute Gasteiger partial charge is 0.320 e. The Morgan fingerprint density at radius 3 is 1.88 bits per heavy atom. The van der Waals surface area contributed by atoms with Crippen LogP contribution in [0.2, 0.25) is 0 Å². The van der Waals surface area contributed by atoms with Gasteiger partial charge in [-0.15, -0.1) is 0 Å². The van der Waals surface area contributed by atoms with Crippen LogP contribution in [0.4, 0.5) is 5.69 Å². The Hall–Kier alpha value is -5.46. The van der Waals surface area contributed by atoms with Crippen molar-refractivity contribution < 1.29 is 24.7 Å². The summed E-state index contributed by atoms with van der Waals surface area (Å²) in [5, 5.41) is 32.2. The van der Waals surface area contributed by atoms with Crippen molar-refractivity contribution in [2.75, 3.05) is 0 Å². The van der Waals surface area contributed by atoms with Gasteiger partial charge in [0.2, 0.25) is 0 Å². The van der Waals surface area contributed by atoms with Gasteiger partial charge in [0.1, 0.15) is 12.1 Å². The standard InChI is InChI=1S/C14H15N3O4.C14H16N2O2.C11H11N/c15-10(14(18)19)5-8-6-16-11-4-3-9(7-1-2-7)13(12(8)11)17(20)21;15-12(14(17)18)6-10-7-16-13-4-3-9(5-11(10)13)8-1-2-8;1-2-8(1)9-3-4-11-10(7-9)5-6-12-11/h3-4,6-7,10,16H,1-2,5,15H2,(H,18,19);3-5,7-8,12,16H,1-2,6,15H2,(H,17,18);3-8,12H,1-2H2. The summed E-state index contributed by atoms with van der Waals surface area (Å²) < 4.78 is 0. The highest BCUT2D eigenvalue weighted by molar-refractivity contribution is 5.94. The molecule has 3 saturated carbocycles. The molecular weight excluding hydrogens is 648 g/mol. The third-order valence-corrected chi connectivity index (χ3v) is 10.1. The lowest BCUT2D eigenvalue weighted by Crippen LogP contribution is -2.32. The molecular formula is C39H42N6O6. The second kappa shape index (κ2) is 14.0. The fraction of sp³-hybridized carbons (Fsp3) is 0.333. The lowest BCUT2D eigenvalue weighted by atomic mass is 9.99. The SMILES string of the molecule is NC(Cc1c[nH]c2ccc(C3CC3)c([N+](=O)[O-])c12)C(=O)O.NC(Cc1c[nH]c2ccc(C3CC3)cc12)C(=O)O.c1cc2cc(C3CC3)ccc2[nH]1. The number of hydrogen-bond donors (Lipinski definition) is 7. The topological polar surface area (TPSA) is 217 Å². The number of H-pyrrole nitrogens is 3. The number of fused-ring (bicyclic) bond motifs is 3. The number of nitrogens with zero attached hydrogens (tertiary/aromatic N) is 1. The van der Waals surface area contributed by atoms with Crippen molar-refractivity contribution in [3.8, 4) is 0 Å². The molecule has 264 valence electrons. The molecule has 12 heteroatoms. The molecule has 3 heterocycles. The Bertz CT molecular complexity index is 2240. The zero-order valence-electron chi connectivity index (χ0n) is 28.1. The molecule has 9 rings (SSSR count). The van der Waals surface area contributed by atoms with Crippen molar-refractivity contribution in [2.45, 2.75) is 81.2 Å². The van der Waals surface area contributed by atoms with E-state index in [1.54, 1.807) is 12.3 Å². The first-order valence-electron chi connectivity index (χ1n) is 17.5. The summed E-state index contributed by atoms with van der Waals surface area (Å²) in [6.45, 7) is 0. The normalized spacial score (nSPS) is 16.6. The van der Waals surface area contributed by atoms with Crippen LogP contribution in [-0.2, 0) is 22.4 Å². The number of nitro benzene ring substituents is 1. The lowest BCUT2D eigenvalue weighted by Gasteiger charge is -2.07. The number of rotatable bonds is 10. The Morgan fingerprint density at radius 2 is 1.27 bits per heavy atom. The molecule has 9 N–H and O–H groups in total. The summed E-state index contributed by atoms with van der Waals surface area (Å²) in [7, 11) is 0. The first-order valence-corrected chi connectivity index (χ1v) is 17.5. The predicted molar refractivity (Wildman–Crippen MR) is 196 cm³/mol. The highest BCUT2D eigenvalue weighted by Crippen LogP contribution is 2.47. The second-order valence-electron chi connectivity index (χ2n) is 14.1. The molecule has 0 spiro atoms. The molecule has 2 unspecified atom stereocenters. The number of benzene rings is 3. The van der Waals surface area contributed by atoms with E-state index in [0.29, 0.717) is 28.8 Å². The van der Waals surface area contributed by atoms with Gasteiger partial charge in [0.25, 0.3) is 5.69 Å². The number of aromatic amines is 3. The van der Waals surface area contributed by atoms with Crippen molar-refractivity contribution in [2.24, 2.45) is 11.5 Å². The van der Waals surface area contributed by atoms with Gasteiger partial charge in [-0.25, -0.2) is 0 Å². The van der Waals surface area contributed by atoms with E-state index in [1.165, 1.54) is 47.7 Å². The molecule has 3 fully saturated rings. The van der Waals surface area contributed by atoms with Crippen molar-refractivity contribution in [1.29, 1.82) is 0 Å². The molecule has 6 aromatic rings. The minimum atomic E-state index is -1.12. The molecule has 0 saturated heterocycles. The number of hydrogen-bond acceptors (Lipinski definition) is 6. The molecule has 0 amide bonds. The van der Waals surface area contributed by atoms with Crippen LogP contribution >= 0.6 is 0 Å². The predicted octanol–water partition coefficient (Wildman–Crippen LogP) is 6.95. The average molecular weight is 691 g/mol. The highest BCUT2D eigenvalue weighted by atomic mass is 16.6. The maximum absolute atomic E-state index is 11.5. The number of nitrogens with two attached hydrogens (primary N) is 2. The zero-order valence-corrected chi connectivity index (χ0v) is 28.1. The number of aromatic nitrogens is 3. The molecule has 3 aromatic carbocycles. The van der Waals surface area contributed by atoms with Crippen LogP contribution in [-0.4, -0.2) is 54.1 Å². The van der Waals surface area contributed by atoms with Gasteiger partial charge in [-0.2, -0.15) is 0 Å². The largest absolute Gasteiger partial charge is 0.480 e. The van der Waals surface area contributed by atoms with Crippen LogP contribution in [0, 0.1) is 10.1 Å². The maximum atomic E-state index is 11.5. The lowest BCUT2D eigenvalue weighted by molar-refractivity contribution is -0.383. The van der Waals surface area contributed by atoms with Crippen LogP contribution in [0.3, 0.4) is 0 Å². The number of aliphatic carboxylic acids is 2. The first-order chi connectivity index (χ1) is 24.6. The van der Waals surface area contributed by atoms with Gasteiger partial charge in [-0.3, -0.25) is 19.7 Å². The Labute approximate surface area is 293 Å². The average Bonchev–Trinajstić information content (AvgIpc) is 4.05. The molecule has 12 nitrogen and oxygen atoms in total. The fourth-order valence-electron chi connectivity index (χ4n) is 6.80. The summed E-state index contributed by atoms with van der Waals surface area (Å²) in [6.07, 6.45) is 13.1. The van der Waals surface area contributed by atoms with Crippen molar-refractivity contribution in [3.05, 3.63) is 111 Å².